The number of halogens is 3. The molecule has 1 aromatic carbocycles. The van der Waals surface area contributed by atoms with Gasteiger partial charge in [-0.25, -0.2) is 14.2 Å². The second-order valence-electron chi connectivity index (χ2n) is 4.85. The van der Waals surface area contributed by atoms with Crippen LogP contribution in [0.15, 0.2) is 38.8 Å². The maximum Gasteiger partial charge on any atom is 0.354 e. The Morgan fingerprint density at radius 1 is 1.59 bits per heavy atom. The number of aliphatic hydroxyl groups excluding tert-OH is 1. The van der Waals surface area contributed by atoms with Crippen LogP contribution < -0.4 is 0 Å². The highest BCUT2D eigenvalue weighted by Gasteiger charge is 2.31. The van der Waals surface area contributed by atoms with Gasteiger partial charge in [0, 0.05) is 11.5 Å². The molecule has 1 aliphatic rings. The number of rotatable bonds is 2. The normalized spacial score (nSPS) is 20.5. The van der Waals surface area contributed by atoms with Crippen molar-refractivity contribution in [2.24, 2.45) is 4.99 Å². The Bertz CT molecular complexity index is 678. The molecule has 0 bridgehead atoms. The van der Waals surface area contributed by atoms with Crippen LogP contribution in [0.4, 0.5) is 10.1 Å². The lowest BCUT2D eigenvalue weighted by atomic mass is 9.98. The van der Waals surface area contributed by atoms with Crippen LogP contribution in [-0.4, -0.2) is 41.5 Å². The second kappa shape index (κ2) is 6.76. The van der Waals surface area contributed by atoms with Crippen LogP contribution in [0.2, 0.25) is 0 Å². The average molecular weight is 392 g/mol. The smallest absolute Gasteiger partial charge is 0.354 e. The first-order valence-electron chi connectivity index (χ1n) is 6.30. The first-order chi connectivity index (χ1) is 10.3. The van der Waals surface area contributed by atoms with Crippen LogP contribution in [0.3, 0.4) is 0 Å². The first-order valence-corrected chi connectivity index (χ1v) is 7.40. The largest absolute Gasteiger partial charge is 0.381 e. The Kier molecular flexibility index (Phi) is 5.20. The minimum atomic E-state index is -1.15. The number of aliphatic imine (C=N–C) groups is 1. The Balaban J connectivity index is 2.43. The second-order valence-corrected chi connectivity index (χ2v) is 5.92. The Morgan fingerprint density at radius 2 is 2.27 bits per heavy atom. The standard InChI is InChI=1S/C14H13BrClFN2O3/c1-7-9(14(21)22-16)6-19(2)13(12(7)20)18-11-4-3-8(15)5-10(11)17/h3-5,12,20H,6H2,1-2H3. The molecule has 0 amide bonds. The number of amidine groups is 1. The van der Waals surface area contributed by atoms with E-state index in [4.69, 9.17) is 11.9 Å². The molecular formula is C14H13BrClFN2O3. The van der Waals surface area contributed by atoms with Gasteiger partial charge in [0.15, 0.2) is 0 Å². The molecular weight excluding hydrogens is 379 g/mol. The van der Waals surface area contributed by atoms with Crippen molar-refractivity contribution in [2.45, 2.75) is 13.0 Å². The van der Waals surface area contributed by atoms with Crippen LogP contribution in [0, 0.1) is 5.82 Å². The van der Waals surface area contributed by atoms with Crippen molar-refractivity contribution in [1.29, 1.82) is 0 Å². The van der Waals surface area contributed by atoms with Crippen molar-refractivity contribution in [3.63, 3.8) is 0 Å². The maximum absolute atomic E-state index is 13.9. The average Bonchev–Trinajstić information content (AvgIpc) is 2.48. The van der Waals surface area contributed by atoms with Crippen molar-refractivity contribution < 1.29 is 18.6 Å². The van der Waals surface area contributed by atoms with E-state index in [1.165, 1.54) is 12.1 Å². The van der Waals surface area contributed by atoms with Crippen LogP contribution >= 0.6 is 27.8 Å². The van der Waals surface area contributed by atoms with Crippen LogP contribution in [0.1, 0.15) is 6.92 Å². The Morgan fingerprint density at radius 3 is 2.86 bits per heavy atom. The molecule has 1 aromatic rings. The summed E-state index contributed by atoms with van der Waals surface area (Å²) in [5.41, 5.74) is 0.723. The number of carbonyl (C=O) groups excluding carboxylic acids is 1. The predicted molar refractivity (Wildman–Crippen MR) is 84.5 cm³/mol. The predicted octanol–water partition coefficient (Wildman–Crippen LogP) is 2.94. The third-order valence-corrected chi connectivity index (χ3v) is 4.01. The number of benzene rings is 1. The molecule has 0 aliphatic carbocycles. The van der Waals surface area contributed by atoms with Crippen molar-refractivity contribution in [3.05, 3.63) is 39.6 Å². The molecule has 5 nitrogen and oxygen atoms in total. The molecule has 1 aliphatic heterocycles. The minimum Gasteiger partial charge on any atom is -0.381 e. The van der Waals surface area contributed by atoms with E-state index in [0.29, 0.717) is 10.0 Å². The van der Waals surface area contributed by atoms with Crippen molar-refractivity contribution in [3.8, 4) is 0 Å². The van der Waals surface area contributed by atoms with Gasteiger partial charge in [-0.15, -0.1) is 0 Å². The lowest BCUT2D eigenvalue weighted by Gasteiger charge is -2.32. The van der Waals surface area contributed by atoms with Crippen molar-refractivity contribution in [2.75, 3.05) is 13.6 Å². The third kappa shape index (κ3) is 3.31. The number of nitrogens with zero attached hydrogens (tertiary/aromatic N) is 2. The van der Waals surface area contributed by atoms with E-state index in [1.54, 1.807) is 24.9 Å². The van der Waals surface area contributed by atoms with E-state index in [9.17, 15) is 14.3 Å². The molecule has 1 heterocycles. The molecule has 2 rings (SSSR count). The van der Waals surface area contributed by atoms with Gasteiger partial charge in [-0.2, -0.15) is 0 Å². The summed E-state index contributed by atoms with van der Waals surface area (Å²) >= 11 is 8.25. The van der Waals surface area contributed by atoms with Gasteiger partial charge in [-0.1, -0.05) is 15.9 Å². The summed E-state index contributed by atoms with van der Waals surface area (Å²) in [5, 5.41) is 10.3. The molecule has 0 aromatic heterocycles. The van der Waals surface area contributed by atoms with Crippen molar-refractivity contribution >= 4 is 45.3 Å². The number of carbonyl (C=O) groups is 1. The van der Waals surface area contributed by atoms with E-state index in [-0.39, 0.29) is 23.6 Å². The van der Waals surface area contributed by atoms with Gasteiger partial charge < -0.3 is 14.3 Å². The number of hydrogen-bond donors (Lipinski definition) is 1. The molecule has 8 heteroatoms. The molecule has 0 fully saturated rings. The van der Waals surface area contributed by atoms with Crippen LogP contribution in [0.25, 0.3) is 0 Å². The van der Waals surface area contributed by atoms with Gasteiger partial charge in [0.25, 0.3) is 0 Å². The highest BCUT2D eigenvalue weighted by atomic mass is 79.9. The van der Waals surface area contributed by atoms with Gasteiger partial charge in [-0.05, 0) is 30.7 Å². The summed E-state index contributed by atoms with van der Waals surface area (Å²) in [5.74, 6) is -1.00. The molecule has 0 saturated heterocycles. The third-order valence-electron chi connectivity index (χ3n) is 3.38. The monoisotopic (exact) mass is 390 g/mol. The van der Waals surface area contributed by atoms with Crippen LogP contribution in [0.5, 0.6) is 0 Å². The highest BCUT2D eigenvalue weighted by molar-refractivity contribution is 9.10. The van der Waals surface area contributed by atoms with Gasteiger partial charge in [0.2, 0.25) is 0 Å². The fourth-order valence-corrected chi connectivity index (χ4v) is 2.55. The molecule has 118 valence electrons. The summed E-state index contributed by atoms with van der Waals surface area (Å²) in [6, 6.07) is 4.43. The van der Waals surface area contributed by atoms with E-state index in [0.717, 1.165) is 0 Å². The van der Waals surface area contributed by atoms with Gasteiger partial charge in [-0.3, -0.25) is 0 Å². The molecule has 22 heavy (non-hydrogen) atoms. The molecule has 1 atom stereocenters. The molecule has 0 saturated carbocycles. The summed E-state index contributed by atoms with van der Waals surface area (Å²) in [6.07, 6.45) is -1.15. The summed E-state index contributed by atoms with van der Waals surface area (Å²) in [6.45, 7) is 1.74. The zero-order chi connectivity index (χ0) is 16.4. The zero-order valence-corrected chi connectivity index (χ0v) is 14.2. The summed E-state index contributed by atoms with van der Waals surface area (Å²) < 4.78 is 18.6. The number of likely N-dealkylation sites (N-methyl/N-ethyl adjacent to an activating group) is 1. The van der Waals surface area contributed by atoms with Gasteiger partial charge in [0.05, 0.1) is 12.1 Å². The fraction of sp³-hybridized carbons (Fsp3) is 0.286. The SMILES string of the molecule is CC1=C(C(=O)OCl)CN(C)C(=Nc2ccc(Br)cc2F)C1O. The Labute approximate surface area is 140 Å². The number of hydrogen-bond acceptors (Lipinski definition) is 4. The van der Waals surface area contributed by atoms with E-state index < -0.39 is 17.9 Å². The van der Waals surface area contributed by atoms with Crippen LogP contribution in [-0.2, 0) is 9.08 Å². The Hall–Kier alpha value is -1.44. The highest BCUT2D eigenvalue weighted by Crippen LogP contribution is 2.26. The molecule has 0 radical (unpaired) electrons. The van der Waals surface area contributed by atoms with Crippen molar-refractivity contribution in [1.82, 2.24) is 4.90 Å². The summed E-state index contributed by atoms with van der Waals surface area (Å²) in [7, 11) is 1.63. The lowest BCUT2D eigenvalue weighted by Crippen LogP contribution is -2.44. The zero-order valence-electron chi connectivity index (χ0n) is 11.8. The lowest BCUT2D eigenvalue weighted by molar-refractivity contribution is -0.130. The molecule has 1 unspecified atom stereocenters. The van der Waals surface area contributed by atoms with Gasteiger partial charge in [0.1, 0.15) is 35.3 Å². The summed E-state index contributed by atoms with van der Waals surface area (Å²) in [4.78, 5) is 17.3. The van der Waals surface area contributed by atoms with E-state index >= 15 is 0 Å². The van der Waals surface area contributed by atoms with Gasteiger partial charge >= 0.3 is 5.97 Å². The molecule has 0 spiro atoms. The quantitative estimate of drug-likeness (QED) is 0.842. The van der Waals surface area contributed by atoms with E-state index in [2.05, 4.69) is 25.2 Å². The molecule has 1 N–H and O–H groups in total. The maximum atomic E-state index is 13.9. The fourth-order valence-electron chi connectivity index (χ4n) is 2.12. The topological polar surface area (TPSA) is 62.1 Å². The van der Waals surface area contributed by atoms with E-state index in [1.807, 2.05) is 0 Å². The number of aliphatic hydroxyl groups is 1. The first kappa shape index (κ1) is 16.9. The minimum absolute atomic E-state index is 0.0975.